The maximum atomic E-state index is 3.63. The standard InChI is InChI=1S/C17H35N/c1-8-17(7,14(2)3)12-16(6)9-10-18-13-15(4,5)11-16/h14,18H,8-13H2,1-7H3. The highest BCUT2D eigenvalue weighted by Crippen LogP contribution is 2.49. The van der Waals surface area contributed by atoms with Crippen molar-refractivity contribution in [3.8, 4) is 0 Å². The largest absolute Gasteiger partial charge is 0.316 e. The van der Waals surface area contributed by atoms with Crippen LogP contribution in [0.4, 0.5) is 0 Å². The molecule has 0 saturated carbocycles. The van der Waals surface area contributed by atoms with Crippen LogP contribution in [-0.4, -0.2) is 13.1 Å². The average Bonchev–Trinajstić information content (AvgIpc) is 2.35. The molecule has 1 N–H and O–H groups in total. The molecule has 18 heavy (non-hydrogen) atoms. The van der Waals surface area contributed by atoms with E-state index in [9.17, 15) is 0 Å². The summed E-state index contributed by atoms with van der Waals surface area (Å²) >= 11 is 0. The van der Waals surface area contributed by atoms with Crippen LogP contribution in [0.2, 0.25) is 0 Å². The fourth-order valence-corrected chi connectivity index (χ4v) is 3.99. The molecule has 1 heteroatoms. The number of hydrogen-bond donors (Lipinski definition) is 1. The van der Waals surface area contributed by atoms with E-state index in [1.807, 2.05) is 0 Å². The Hall–Kier alpha value is -0.0400. The quantitative estimate of drug-likeness (QED) is 0.754. The Morgan fingerprint density at radius 2 is 1.83 bits per heavy atom. The van der Waals surface area contributed by atoms with Crippen molar-refractivity contribution in [3.05, 3.63) is 0 Å². The van der Waals surface area contributed by atoms with Gasteiger partial charge in [-0.15, -0.1) is 0 Å². The summed E-state index contributed by atoms with van der Waals surface area (Å²) in [4.78, 5) is 0. The lowest BCUT2D eigenvalue weighted by atomic mass is 9.61. The molecule has 0 bridgehead atoms. The molecule has 1 aliphatic heterocycles. The zero-order chi connectivity index (χ0) is 14.0. The van der Waals surface area contributed by atoms with Gasteiger partial charge in [-0.25, -0.2) is 0 Å². The highest BCUT2D eigenvalue weighted by molar-refractivity contribution is 4.92. The normalized spacial score (nSPS) is 32.0. The fraction of sp³-hybridized carbons (Fsp3) is 1.00. The van der Waals surface area contributed by atoms with E-state index in [0.29, 0.717) is 16.2 Å². The van der Waals surface area contributed by atoms with E-state index in [2.05, 4.69) is 53.8 Å². The Morgan fingerprint density at radius 1 is 1.22 bits per heavy atom. The predicted molar refractivity (Wildman–Crippen MR) is 81.8 cm³/mol. The van der Waals surface area contributed by atoms with Crippen LogP contribution in [0.5, 0.6) is 0 Å². The lowest BCUT2D eigenvalue weighted by Gasteiger charge is -2.44. The molecule has 0 amide bonds. The Morgan fingerprint density at radius 3 is 2.33 bits per heavy atom. The van der Waals surface area contributed by atoms with Gasteiger partial charge in [-0.3, -0.25) is 0 Å². The van der Waals surface area contributed by atoms with Crippen LogP contribution in [-0.2, 0) is 0 Å². The first-order valence-electron chi connectivity index (χ1n) is 7.83. The van der Waals surface area contributed by atoms with E-state index in [4.69, 9.17) is 0 Å². The van der Waals surface area contributed by atoms with Crippen LogP contribution < -0.4 is 5.32 Å². The van der Waals surface area contributed by atoms with Gasteiger partial charge in [0.1, 0.15) is 0 Å². The van der Waals surface area contributed by atoms with Crippen molar-refractivity contribution in [2.45, 2.75) is 74.1 Å². The van der Waals surface area contributed by atoms with Gasteiger partial charge in [0, 0.05) is 6.54 Å². The number of nitrogens with one attached hydrogen (secondary N) is 1. The molecule has 0 aromatic heterocycles. The highest BCUT2D eigenvalue weighted by atomic mass is 14.9. The van der Waals surface area contributed by atoms with Crippen molar-refractivity contribution in [2.24, 2.45) is 22.2 Å². The summed E-state index contributed by atoms with van der Waals surface area (Å²) in [5.74, 6) is 0.777. The molecule has 1 aliphatic rings. The summed E-state index contributed by atoms with van der Waals surface area (Å²) < 4.78 is 0. The van der Waals surface area contributed by atoms with Crippen LogP contribution >= 0.6 is 0 Å². The fourth-order valence-electron chi connectivity index (χ4n) is 3.99. The predicted octanol–water partition coefficient (Wildman–Crippen LogP) is 4.86. The van der Waals surface area contributed by atoms with Crippen LogP contribution in [0, 0.1) is 22.2 Å². The molecule has 108 valence electrons. The summed E-state index contributed by atoms with van der Waals surface area (Å²) in [6, 6.07) is 0. The highest BCUT2D eigenvalue weighted by Gasteiger charge is 2.40. The molecule has 2 unspecified atom stereocenters. The summed E-state index contributed by atoms with van der Waals surface area (Å²) in [5, 5.41) is 3.63. The third kappa shape index (κ3) is 3.98. The second kappa shape index (κ2) is 5.53. The van der Waals surface area contributed by atoms with Gasteiger partial charge in [0.05, 0.1) is 0 Å². The monoisotopic (exact) mass is 253 g/mol. The minimum absolute atomic E-state index is 0.441. The molecule has 1 fully saturated rings. The molecule has 0 aliphatic carbocycles. The third-order valence-corrected chi connectivity index (χ3v) is 5.45. The SMILES string of the molecule is CCC(C)(CC1(C)CCNCC(C)(C)C1)C(C)C. The van der Waals surface area contributed by atoms with Gasteiger partial charge in [0.2, 0.25) is 0 Å². The van der Waals surface area contributed by atoms with E-state index < -0.39 is 0 Å². The number of hydrogen-bond acceptors (Lipinski definition) is 1. The first-order valence-corrected chi connectivity index (χ1v) is 7.83. The Labute approximate surface area is 115 Å². The molecule has 0 aromatic carbocycles. The zero-order valence-electron chi connectivity index (χ0n) is 13.8. The van der Waals surface area contributed by atoms with E-state index in [1.165, 1.54) is 38.8 Å². The van der Waals surface area contributed by atoms with Crippen LogP contribution in [0.1, 0.15) is 74.1 Å². The van der Waals surface area contributed by atoms with Gasteiger partial charge in [-0.1, -0.05) is 54.9 Å². The van der Waals surface area contributed by atoms with Gasteiger partial charge in [0.15, 0.2) is 0 Å². The van der Waals surface area contributed by atoms with Crippen molar-refractivity contribution in [2.75, 3.05) is 13.1 Å². The molecule has 1 nitrogen and oxygen atoms in total. The van der Waals surface area contributed by atoms with E-state index in [-0.39, 0.29) is 0 Å². The lowest BCUT2D eigenvalue weighted by Crippen LogP contribution is -2.34. The molecule has 0 spiro atoms. The smallest absolute Gasteiger partial charge is 0.000272 e. The molecule has 1 rings (SSSR count). The molecule has 0 radical (unpaired) electrons. The second-order valence-electron chi connectivity index (χ2n) is 8.42. The molecular weight excluding hydrogens is 218 g/mol. The van der Waals surface area contributed by atoms with E-state index >= 15 is 0 Å². The first-order chi connectivity index (χ1) is 8.13. The lowest BCUT2D eigenvalue weighted by molar-refractivity contribution is 0.0709. The van der Waals surface area contributed by atoms with Crippen LogP contribution in [0.25, 0.3) is 0 Å². The van der Waals surface area contributed by atoms with Crippen LogP contribution in [0.15, 0.2) is 0 Å². The minimum atomic E-state index is 0.441. The minimum Gasteiger partial charge on any atom is -0.316 e. The van der Waals surface area contributed by atoms with Crippen molar-refractivity contribution >= 4 is 0 Å². The van der Waals surface area contributed by atoms with Gasteiger partial charge >= 0.3 is 0 Å². The topological polar surface area (TPSA) is 12.0 Å². The summed E-state index contributed by atoms with van der Waals surface area (Å²) in [6.07, 6.45) is 5.36. The molecule has 1 saturated heterocycles. The molecule has 2 atom stereocenters. The van der Waals surface area contributed by atoms with Gasteiger partial charge in [-0.05, 0) is 48.0 Å². The third-order valence-electron chi connectivity index (χ3n) is 5.45. The Balaban J connectivity index is 2.84. The summed E-state index contributed by atoms with van der Waals surface area (Å²) in [6.45, 7) is 19.4. The molecule has 1 heterocycles. The zero-order valence-corrected chi connectivity index (χ0v) is 13.8. The van der Waals surface area contributed by atoms with Gasteiger partial charge < -0.3 is 5.32 Å². The maximum Gasteiger partial charge on any atom is 0.000272 e. The van der Waals surface area contributed by atoms with Gasteiger partial charge in [0.25, 0.3) is 0 Å². The van der Waals surface area contributed by atoms with E-state index in [1.54, 1.807) is 0 Å². The van der Waals surface area contributed by atoms with Crippen molar-refractivity contribution in [1.82, 2.24) is 5.32 Å². The first kappa shape index (κ1) is 16.0. The van der Waals surface area contributed by atoms with Crippen LogP contribution in [0.3, 0.4) is 0 Å². The second-order valence-corrected chi connectivity index (χ2v) is 8.42. The van der Waals surface area contributed by atoms with Crippen molar-refractivity contribution in [3.63, 3.8) is 0 Å². The maximum absolute atomic E-state index is 3.63. The Bertz CT molecular complexity index is 269. The van der Waals surface area contributed by atoms with Crippen molar-refractivity contribution < 1.29 is 0 Å². The van der Waals surface area contributed by atoms with Gasteiger partial charge in [-0.2, -0.15) is 0 Å². The van der Waals surface area contributed by atoms with Crippen molar-refractivity contribution in [1.29, 1.82) is 0 Å². The summed E-state index contributed by atoms with van der Waals surface area (Å²) in [7, 11) is 0. The molecular formula is C17H35N. The van der Waals surface area contributed by atoms with E-state index in [0.717, 1.165) is 5.92 Å². The number of rotatable bonds is 4. The summed E-state index contributed by atoms with van der Waals surface area (Å²) in [5.41, 5.74) is 1.44. The Kier molecular flexibility index (Phi) is 4.92. The average molecular weight is 253 g/mol. The molecule has 0 aromatic rings.